The Morgan fingerprint density at radius 1 is 1.39 bits per heavy atom. The summed E-state index contributed by atoms with van der Waals surface area (Å²) in [5.41, 5.74) is 1.87. The molecule has 0 aliphatic rings. The summed E-state index contributed by atoms with van der Waals surface area (Å²) in [7, 11) is 3.47. The topological polar surface area (TPSA) is 56.9 Å². The molecule has 0 bridgehead atoms. The first-order valence-corrected chi connectivity index (χ1v) is 5.56. The highest BCUT2D eigenvalue weighted by Crippen LogP contribution is 2.21. The molecule has 1 N–H and O–H groups in total. The molecule has 2 aromatic heterocycles. The molecule has 0 spiro atoms. The fourth-order valence-corrected chi connectivity index (χ4v) is 1.60. The number of methoxy groups -OCH3 is 1. The smallest absolute Gasteiger partial charge is 0.256 e. The first-order chi connectivity index (χ1) is 8.22. The number of rotatable bonds is 5. The second kappa shape index (κ2) is 6.30. The average Bonchev–Trinajstić information content (AvgIpc) is 2.92. The number of nitrogens with zero attached hydrogens (tertiary/aromatic N) is 4. The highest BCUT2D eigenvalue weighted by molar-refractivity contribution is 5.85. The van der Waals surface area contributed by atoms with Crippen LogP contribution in [0.3, 0.4) is 0 Å². The van der Waals surface area contributed by atoms with Crippen molar-refractivity contribution in [2.45, 2.75) is 20.0 Å². The van der Waals surface area contributed by atoms with Gasteiger partial charge in [-0.05, 0) is 13.0 Å². The van der Waals surface area contributed by atoms with Crippen molar-refractivity contribution >= 4 is 18.1 Å². The van der Waals surface area contributed by atoms with Crippen LogP contribution in [-0.2, 0) is 20.1 Å². The summed E-state index contributed by atoms with van der Waals surface area (Å²) in [6.45, 7) is 3.61. The van der Waals surface area contributed by atoms with E-state index in [1.165, 1.54) is 0 Å². The molecule has 0 unspecified atom stereocenters. The van der Waals surface area contributed by atoms with Gasteiger partial charge in [-0.15, -0.1) is 17.5 Å². The predicted molar refractivity (Wildman–Crippen MR) is 72.2 cm³/mol. The Balaban J connectivity index is 0.00000162. The highest BCUT2D eigenvalue weighted by Gasteiger charge is 2.07. The normalized spacial score (nSPS) is 9.94. The molecule has 6 nitrogen and oxygen atoms in total. The zero-order chi connectivity index (χ0) is 12.3. The molecule has 0 saturated carbocycles. The van der Waals surface area contributed by atoms with Gasteiger partial charge in [-0.1, -0.05) is 0 Å². The van der Waals surface area contributed by atoms with Crippen LogP contribution < -0.4 is 10.1 Å². The van der Waals surface area contributed by atoms with E-state index in [1.54, 1.807) is 11.8 Å². The van der Waals surface area contributed by atoms with Gasteiger partial charge in [-0.3, -0.25) is 9.36 Å². The molecule has 0 amide bonds. The predicted octanol–water partition coefficient (Wildman–Crippen LogP) is 1.68. The largest absolute Gasteiger partial charge is 0.478 e. The van der Waals surface area contributed by atoms with Gasteiger partial charge >= 0.3 is 0 Å². The van der Waals surface area contributed by atoms with E-state index in [9.17, 15) is 0 Å². The van der Waals surface area contributed by atoms with E-state index in [0.29, 0.717) is 12.4 Å². The maximum Gasteiger partial charge on any atom is 0.256 e. The summed E-state index contributed by atoms with van der Waals surface area (Å²) in [4.78, 5) is 0. The molecule has 0 saturated heterocycles. The van der Waals surface area contributed by atoms with Gasteiger partial charge in [-0.25, -0.2) is 0 Å². The lowest BCUT2D eigenvalue weighted by Gasteiger charge is -2.02. The summed E-state index contributed by atoms with van der Waals surface area (Å²) in [5.74, 6) is 0.599. The lowest BCUT2D eigenvalue weighted by Crippen LogP contribution is -2.02. The van der Waals surface area contributed by atoms with E-state index < -0.39 is 0 Å². The maximum atomic E-state index is 5.16. The summed E-state index contributed by atoms with van der Waals surface area (Å²) in [5, 5.41) is 11.8. The fraction of sp³-hybridized carbons (Fsp3) is 0.455. The molecule has 0 radical (unpaired) electrons. The monoisotopic (exact) mass is 271 g/mol. The quantitative estimate of drug-likeness (QED) is 0.899. The van der Waals surface area contributed by atoms with Gasteiger partial charge < -0.3 is 10.1 Å². The molecule has 7 heteroatoms. The molecule has 0 aliphatic carbocycles. The van der Waals surface area contributed by atoms with E-state index in [1.807, 2.05) is 30.2 Å². The summed E-state index contributed by atoms with van der Waals surface area (Å²) in [6.07, 6.45) is 3.85. The van der Waals surface area contributed by atoms with Crippen LogP contribution in [-0.4, -0.2) is 26.7 Å². The lowest BCUT2D eigenvalue weighted by atomic mass is 10.4. The highest BCUT2D eigenvalue weighted by atomic mass is 35.5. The van der Waals surface area contributed by atoms with Gasteiger partial charge in [0.05, 0.1) is 25.5 Å². The zero-order valence-electron chi connectivity index (χ0n) is 10.8. The van der Waals surface area contributed by atoms with Crippen molar-refractivity contribution in [3.05, 3.63) is 24.2 Å². The van der Waals surface area contributed by atoms with Crippen molar-refractivity contribution in [1.29, 1.82) is 0 Å². The Kier molecular flexibility index (Phi) is 5.03. The van der Waals surface area contributed by atoms with Gasteiger partial charge in [0.1, 0.15) is 5.69 Å². The number of aryl methyl sites for hydroxylation is 2. The number of halogens is 1. The number of hydrogen-bond donors (Lipinski definition) is 1. The lowest BCUT2D eigenvalue weighted by molar-refractivity contribution is 0.393. The van der Waals surface area contributed by atoms with Gasteiger partial charge in [0.25, 0.3) is 5.88 Å². The van der Waals surface area contributed by atoms with Crippen molar-refractivity contribution in [2.24, 2.45) is 7.05 Å². The van der Waals surface area contributed by atoms with E-state index >= 15 is 0 Å². The Bertz CT molecular complexity index is 493. The minimum absolute atomic E-state index is 0. The number of nitrogens with one attached hydrogen (secondary N) is 1. The molecular formula is C11H18ClN5O. The van der Waals surface area contributed by atoms with Gasteiger partial charge in [-0.2, -0.15) is 5.10 Å². The van der Waals surface area contributed by atoms with Crippen molar-refractivity contribution in [3.8, 4) is 5.88 Å². The van der Waals surface area contributed by atoms with Crippen LogP contribution in [0.2, 0.25) is 0 Å². The fourth-order valence-electron chi connectivity index (χ4n) is 1.60. The van der Waals surface area contributed by atoms with Crippen LogP contribution in [0.15, 0.2) is 18.5 Å². The second-order valence-corrected chi connectivity index (χ2v) is 3.74. The standard InChI is InChI=1S/C11H17N5O.ClH/c1-4-16-6-5-9(13-16)7-12-10-8-15(2)14-11(10)17-3;/h5-6,8,12H,4,7H2,1-3H3;1H. The third-order valence-corrected chi connectivity index (χ3v) is 2.47. The van der Waals surface area contributed by atoms with Crippen LogP contribution in [0, 0.1) is 0 Å². The molecule has 2 rings (SSSR count). The van der Waals surface area contributed by atoms with Crippen molar-refractivity contribution in [3.63, 3.8) is 0 Å². The van der Waals surface area contributed by atoms with Crippen LogP contribution >= 0.6 is 12.4 Å². The molecular weight excluding hydrogens is 254 g/mol. The van der Waals surface area contributed by atoms with E-state index in [2.05, 4.69) is 22.4 Å². The van der Waals surface area contributed by atoms with Crippen molar-refractivity contribution < 1.29 is 4.74 Å². The zero-order valence-corrected chi connectivity index (χ0v) is 11.6. The minimum atomic E-state index is 0. The number of anilines is 1. The number of ether oxygens (including phenoxy) is 1. The molecule has 0 aromatic carbocycles. The third-order valence-electron chi connectivity index (χ3n) is 2.47. The van der Waals surface area contributed by atoms with E-state index in [-0.39, 0.29) is 12.4 Å². The summed E-state index contributed by atoms with van der Waals surface area (Å²) in [6, 6.07) is 2.00. The number of aromatic nitrogens is 4. The van der Waals surface area contributed by atoms with E-state index in [0.717, 1.165) is 17.9 Å². The first-order valence-electron chi connectivity index (χ1n) is 5.56. The van der Waals surface area contributed by atoms with Gasteiger partial charge in [0, 0.05) is 19.8 Å². The number of hydrogen-bond acceptors (Lipinski definition) is 4. The maximum absolute atomic E-state index is 5.16. The Hall–Kier alpha value is -1.69. The summed E-state index contributed by atoms with van der Waals surface area (Å²) >= 11 is 0. The SMILES string of the molecule is CCn1ccc(CNc2cn(C)nc2OC)n1.Cl. The molecule has 2 aromatic rings. The van der Waals surface area contributed by atoms with Crippen molar-refractivity contribution in [1.82, 2.24) is 19.6 Å². The summed E-state index contributed by atoms with van der Waals surface area (Å²) < 4.78 is 8.78. The van der Waals surface area contributed by atoms with Crippen LogP contribution in [0.1, 0.15) is 12.6 Å². The molecule has 100 valence electrons. The molecule has 0 atom stereocenters. The molecule has 2 heterocycles. The third kappa shape index (κ3) is 3.16. The molecule has 18 heavy (non-hydrogen) atoms. The Morgan fingerprint density at radius 3 is 2.78 bits per heavy atom. The van der Waals surface area contributed by atoms with Gasteiger partial charge in [0.15, 0.2) is 0 Å². The van der Waals surface area contributed by atoms with E-state index in [4.69, 9.17) is 4.74 Å². The van der Waals surface area contributed by atoms with Crippen LogP contribution in [0.25, 0.3) is 0 Å². The molecule has 0 aliphatic heterocycles. The Labute approximate surface area is 112 Å². The minimum Gasteiger partial charge on any atom is -0.478 e. The Morgan fingerprint density at radius 2 is 2.17 bits per heavy atom. The van der Waals surface area contributed by atoms with Crippen LogP contribution in [0.5, 0.6) is 5.88 Å². The first kappa shape index (κ1) is 14.4. The molecule has 0 fully saturated rings. The second-order valence-electron chi connectivity index (χ2n) is 3.74. The van der Waals surface area contributed by atoms with Gasteiger partial charge in [0.2, 0.25) is 0 Å². The average molecular weight is 272 g/mol. The van der Waals surface area contributed by atoms with Crippen LogP contribution in [0.4, 0.5) is 5.69 Å². The van der Waals surface area contributed by atoms with Crippen molar-refractivity contribution in [2.75, 3.05) is 12.4 Å².